The van der Waals surface area contributed by atoms with E-state index in [4.69, 9.17) is 5.73 Å². The van der Waals surface area contributed by atoms with Crippen LogP contribution in [0.1, 0.15) is 30.4 Å². The standard InChI is InChI=1S/C12H16BrN/c1-9-3-4-11(13)10(7-9)12(8-14)5-2-6-12/h3-4,7H,2,5-6,8,14H2,1H3. The van der Waals surface area contributed by atoms with Crippen molar-refractivity contribution in [3.63, 3.8) is 0 Å². The van der Waals surface area contributed by atoms with E-state index in [9.17, 15) is 0 Å². The van der Waals surface area contributed by atoms with Crippen molar-refractivity contribution in [1.29, 1.82) is 0 Å². The summed E-state index contributed by atoms with van der Waals surface area (Å²) in [6, 6.07) is 6.55. The van der Waals surface area contributed by atoms with Crippen LogP contribution in [0.25, 0.3) is 0 Å². The highest BCUT2D eigenvalue weighted by atomic mass is 79.9. The Morgan fingerprint density at radius 2 is 2.14 bits per heavy atom. The molecule has 0 amide bonds. The second kappa shape index (κ2) is 3.67. The van der Waals surface area contributed by atoms with Crippen LogP contribution in [0, 0.1) is 6.92 Å². The maximum Gasteiger partial charge on any atom is 0.0213 e. The van der Waals surface area contributed by atoms with E-state index in [-0.39, 0.29) is 5.41 Å². The number of rotatable bonds is 2. The Hall–Kier alpha value is -0.340. The minimum Gasteiger partial charge on any atom is -0.330 e. The van der Waals surface area contributed by atoms with Gasteiger partial charge in [-0.05, 0) is 31.4 Å². The molecule has 0 aromatic heterocycles. The molecule has 2 heteroatoms. The molecule has 1 fully saturated rings. The van der Waals surface area contributed by atoms with Gasteiger partial charge >= 0.3 is 0 Å². The number of benzene rings is 1. The molecule has 2 N–H and O–H groups in total. The number of aryl methyl sites for hydroxylation is 1. The van der Waals surface area contributed by atoms with E-state index in [0.717, 1.165) is 6.54 Å². The molecule has 0 atom stereocenters. The van der Waals surface area contributed by atoms with Crippen LogP contribution in [0.3, 0.4) is 0 Å². The van der Waals surface area contributed by atoms with Gasteiger partial charge in [0.05, 0.1) is 0 Å². The van der Waals surface area contributed by atoms with Gasteiger partial charge in [0.2, 0.25) is 0 Å². The van der Waals surface area contributed by atoms with Crippen molar-refractivity contribution in [2.24, 2.45) is 5.73 Å². The first-order valence-electron chi connectivity index (χ1n) is 5.15. The Balaban J connectivity index is 2.43. The summed E-state index contributed by atoms with van der Waals surface area (Å²) in [7, 11) is 0. The van der Waals surface area contributed by atoms with Gasteiger partial charge in [-0.1, -0.05) is 40.0 Å². The SMILES string of the molecule is Cc1ccc(Br)c(C2(CN)CCC2)c1. The Bertz CT molecular complexity index is 337. The summed E-state index contributed by atoms with van der Waals surface area (Å²) in [4.78, 5) is 0. The molecule has 14 heavy (non-hydrogen) atoms. The van der Waals surface area contributed by atoms with E-state index in [1.807, 2.05) is 0 Å². The van der Waals surface area contributed by atoms with Gasteiger partial charge in [0, 0.05) is 16.4 Å². The van der Waals surface area contributed by atoms with E-state index in [1.165, 1.54) is 34.9 Å². The van der Waals surface area contributed by atoms with Crippen molar-refractivity contribution in [2.45, 2.75) is 31.6 Å². The fourth-order valence-electron chi connectivity index (χ4n) is 2.23. The van der Waals surface area contributed by atoms with Crippen LogP contribution in [0.15, 0.2) is 22.7 Å². The largest absolute Gasteiger partial charge is 0.330 e. The molecule has 0 bridgehead atoms. The fourth-order valence-corrected chi connectivity index (χ4v) is 2.90. The third-order valence-corrected chi connectivity index (χ3v) is 4.09. The lowest BCUT2D eigenvalue weighted by molar-refractivity contribution is 0.252. The van der Waals surface area contributed by atoms with Crippen LogP contribution in [0.5, 0.6) is 0 Å². The van der Waals surface area contributed by atoms with Gasteiger partial charge in [-0.3, -0.25) is 0 Å². The smallest absolute Gasteiger partial charge is 0.0213 e. The predicted molar refractivity (Wildman–Crippen MR) is 63.5 cm³/mol. The lowest BCUT2D eigenvalue weighted by atomic mass is 9.64. The molecule has 0 saturated heterocycles. The average Bonchev–Trinajstić information content (AvgIpc) is 2.10. The molecular weight excluding hydrogens is 238 g/mol. The van der Waals surface area contributed by atoms with Crippen LogP contribution in [0.2, 0.25) is 0 Å². The summed E-state index contributed by atoms with van der Waals surface area (Å²) in [5.74, 6) is 0. The Kier molecular flexibility index (Phi) is 2.67. The van der Waals surface area contributed by atoms with Gasteiger partial charge in [0.1, 0.15) is 0 Å². The molecular formula is C12H16BrN. The van der Waals surface area contributed by atoms with Crippen molar-refractivity contribution < 1.29 is 0 Å². The second-order valence-corrected chi connectivity index (χ2v) is 5.18. The van der Waals surface area contributed by atoms with Gasteiger partial charge in [-0.15, -0.1) is 0 Å². The molecule has 1 aliphatic rings. The summed E-state index contributed by atoms with van der Waals surface area (Å²) in [5, 5.41) is 0. The Morgan fingerprint density at radius 1 is 1.43 bits per heavy atom. The molecule has 1 aromatic rings. The minimum absolute atomic E-state index is 0.269. The number of nitrogens with two attached hydrogens (primary N) is 1. The second-order valence-electron chi connectivity index (χ2n) is 4.32. The maximum absolute atomic E-state index is 5.90. The van der Waals surface area contributed by atoms with E-state index < -0.39 is 0 Å². The van der Waals surface area contributed by atoms with Crippen LogP contribution >= 0.6 is 15.9 Å². The number of halogens is 1. The summed E-state index contributed by atoms with van der Waals surface area (Å²) >= 11 is 3.63. The van der Waals surface area contributed by atoms with E-state index in [1.54, 1.807) is 0 Å². The summed E-state index contributed by atoms with van der Waals surface area (Å²) in [6.45, 7) is 2.91. The maximum atomic E-state index is 5.90. The molecule has 0 unspecified atom stereocenters. The van der Waals surface area contributed by atoms with E-state index in [0.29, 0.717) is 0 Å². The van der Waals surface area contributed by atoms with Gasteiger partial charge in [0.25, 0.3) is 0 Å². The van der Waals surface area contributed by atoms with Crippen LogP contribution in [-0.4, -0.2) is 6.54 Å². The Morgan fingerprint density at radius 3 is 2.64 bits per heavy atom. The lowest BCUT2D eigenvalue weighted by Gasteiger charge is -2.42. The number of hydrogen-bond acceptors (Lipinski definition) is 1. The Labute approximate surface area is 93.8 Å². The van der Waals surface area contributed by atoms with E-state index >= 15 is 0 Å². The van der Waals surface area contributed by atoms with Crippen molar-refractivity contribution >= 4 is 15.9 Å². The van der Waals surface area contributed by atoms with Crippen LogP contribution in [0.4, 0.5) is 0 Å². The highest BCUT2D eigenvalue weighted by Crippen LogP contribution is 2.45. The molecule has 1 nitrogen and oxygen atoms in total. The summed E-state index contributed by atoms with van der Waals surface area (Å²) in [6.07, 6.45) is 3.80. The molecule has 2 rings (SSSR count). The first kappa shape index (κ1) is 10.2. The topological polar surface area (TPSA) is 26.0 Å². The van der Waals surface area contributed by atoms with Crippen molar-refractivity contribution in [3.8, 4) is 0 Å². The molecule has 0 radical (unpaired) electrons. The van der Waals surface area contributed by atoms with Crippen molar-refractivity contribution in [1.82, 2.24) is 0 Å². The first-order valence-corrected chi connectivity index (χ1v) is 5.94. The highest BCUT2D eigenvalue weighted by molar-refractivity contribution is 9.10. The molecule has 1 aromatic carbocycles. The first-order chi connectivity index (χ1) is 6.68. The quantitative estimate of drug-likeness (QED) is 0.862. The third-order valence-electron chi connectivity index (χ3n) is 3.39. The van der Waals surface area contributed by atoms with Crippen LogP contribution < -0.4 is 5.73 Å². The van der Waals surface area contributed by atoms with Crippen LogP contribution in [-0.2, 0) is 5.41 Å². The van der Waals surface area contributed by atoms with Gasteiger partial charge in [-0.2, -0.15) is 0 Å². The molecule has 0 spiro atoms. The molecule has 0 aliphatic heterocycles. The predicted octanol–water partition coefficient (Wildman–Crippen LogP) is 3.14. The van der Waals surface area contributed by atoms with Crippen molar-refractivity contribution in [3.05, 3.63) is 33.8 Å². The highest BCUT2D eigenvalue weighted by Gasteiger charge is 2.38. The zero-order valence-electron chi connectivity index (χ0n) is 8.52. The number of hydrogen-bond donors (Lipinski definition) is 1. The fraction of sp³-hybridized carbons (Fsp3) is 0.500. The van der Waals surface area contributed by atoms with Crippen molar-refractivity contribution in [2.75, 3.05) is 6.54 Å². The van der Waals surface area contributed by atoms with Gasteiger partial charge in [-0.25, -0.2) is 0 Å². The minimum atomic E-state index is 0.269. The molecule has 0 heterocycles. The average molecular weight is 254 g/mol. The zero-order valence-corrected chi connectivity index (χ0v) is 10.1. The zero-order chi connectivity index (χ0) is 10.2. The molecule has 76 valence electrons. The monoisotopic (exact) mass is 253 g/mol. The van der Waals surface area contributed by atoms with Gasteiger partial charge in [0.15, 0.2) is 0 Å². The van der Waals surface area contributed by atoms with Gasteiger partial charge < -0.3 is 5.73 Å². The lowest BCUT2D eigenvalue weighted by Crippen LogP contribution is -2.41. The summed E-state index contributed by atoms with van der Waals surface area (Å²) in [5.41, 5.74) is 8.90. The summed E-state index contributed by atoms with van der Waals surface area (Å²) < 4.78 is 1.22. The molecule has 1 saturated carbocycles. The third kappa shape index (κ3) is 1.51. The van der Waals surface area contributed by atoms with E-state index in [2.05, 4.69) is 41.1 Å². The molecule has 1 aliphatic carbocycles. The normalized spacial score (nSPS) is 19.1.